The Kier molecular flexibility index (Phi) is 4.94. The van der Waals surface area contributed by atoms with Crippen molar-refractivity contribution in [3.63, 3.8) is 0 Å². The zero-order valence-electron chi connectivity index (χ0n) is 12.8. The first-order valence-electron chi connectivity index (χ1n) is 8.62. The van der Waals surface area contributed by atoms with E-state index in [-0.39, 0.29) is 0 Å². The highest BCUT2D eigenvalue weighted by Crippen LogP contribution is 2.33. The van der Waals surface area contributed by atoms with Crippen LogP contribution in [0.4, 0.5) is 0 Å². The van der Waals surface area contributed by atoms with Crippen molar-refractivity contribution in [1.82, 2.24) is 16.3 Å². The Hall–Kier alpha value is -0.610. The third-order valence-electron chi connectivity index (χ3n) is 5.59. The first-order chi connectivity index (χ1) is 9.84. The van der Waals surface area contributed by atoms with E-state index in [0.717, 1.165) is 24.3 Å². The molecule has 0 aromatic carbocycles. The van der Waals surface area contributed by atoms with Gasteiger partial charge in [0.1, 0.15) is 6.17 Å². The quantitative estimate of drug-likeness (QED) is 0.549. The van der Waals surface area contributed by atoms with Gasteiger partial charge in [0.25, 0.3) is 0 Å². The summed E-state index contributed by atoms with van der Waals surface area (Å²) in [5.74, 6) is 2.29. The lowest BCUT2D eigenvalue weighted by molar-refractivity contribution is 0.0994. The molecule has 2 aliphatic carbocycles. The van der Waals surface area contributed by atoms with Crippen molar-refractivity contribution in [2.24, 2.45) is 22.9 Å². The molecule has 114 valence electrons. The van der Waals surface area contributed by atoms with Crippen molar-refractivity contribution >= 4 is 5.71 Å². The van der Waals surface area contributed by atoms with E-state index < -0.39 is 0 Å². The molecule has 0 radical (unpaired) electrons. The van der Waals surface area contributed by atoms with Gasteiger partial charge < -0.3 is 0 Å². The summed E-state index contributed by atoms with van der Waals surface area (Å²) < 4.78 is 0. The van der Waals surface area contributed by atoms with Gasteiger partial charge >= 0.3 is 0 Å². The van der Waals surface area contributed by atoms with Gasteiger partial charge in [-0.1, -0.05) is 32.1 Å². The van der Waals surface area contributed by atoms with Crippen LogP contribution in [0.1, 0.15) is 64.7 Å². The van der Waals surface area contributed by atoms with E-state index in [4.69, 9.17) is 5.10 Å². The normalized spacial score (nSPS) is 36.5. The molecule has 0 aromatic heterocycles. The molecule has 0 bridgehead atoms. The summed E-state index contributed by atoms with van der Waals surface area (Å²) in [4.78, 5) is 0. The maximum Gasteiger partial charge on any atom is 0.109 e. The van der Waals surface area contributed by atoms with E-state index in [1.54, 1.807) is 0 Å². The van der Waals surface area contributed by atoms with Crippen molar-refractivity contribution in [1.29, 1.82) is 0 Å². The molecule has 4 heteroatoms. The number of hydrogen-bond donors (Lipinski definition) is 3. The molecule has 3 N–H and O–H groups in total. The molecule has 3 aliphatic rings. The zero-order valence-corrected chi connectivity index (χ0v) is 12.8. The standard InChI is InChI=1S/C16H30N4/c1-12(13-7-3-2-4-8-13)18-20-16-15-10-6-5-9-14(15)11-17-19-16/h13-17,19-20H,2-11H2,1H3/b18-12-. The van der Waals surface area contributed by atoms with E-state index >= 15 is 0 Å². The van der Waals surface area contributed by atoms with Crippen molar-refractivity contribution < 1.29 is 0 Å². The van der Waals surface area contributed by atoms with E-state index in [1.807, 2.05) is 0 Å². The summed E-state index contributed by atoms with van der Waals surface area (Å²) >= 11 is 0. The average Bonchev–Trinajstić information content (AvgIpc) is 2.53. The Morgan fingerprint density at radius 1 is 1.00 bits per heavy atom. The van der Waals surface area contributed by atoms with Crippen molar-refractivity contribution in [2.75, 3.05) is 6.54 Å². The summed E-state index contributed by atoms with van der Waals surface area (Å²) in [5, 5.41) is 4.73. The fourth-order valence-electron chi connectivity index (χ4n) is 4.25. The minimum absolute atomic E-state index is 0.313. The number of rotatable bonds is 3. The largest absolute Gasteiger partial charge is 0.291 e. The molecule has 1 heterocycles. The molecule has 1 saturated heterocycles. The van der Waals surface area contributed by atoms with E-state index in [1.165, 1.54) is 63.5 Å². The smallest absolute Gasteiger partial charge is 0.109 e. The van der Waals surface area contributed by atoms with Gasteiger partial charge in [-0.25, -0.2) is 5.43 Å². The van der Waals surface area contributed by atoms with Crippen LogP contribution in [-0.2, 0) is 0 Å². The van der Waals surface area contributed by atoms with Gasteiger partial charge in [0.15, 0.2) is 0 Å². The minimum atomic E-state index is 0.313. The van der Waals surface area contributed by atoms with E-state index in [9.17, 15) is 0 Å². The minimum Gasteiger partial charge on any atom is -0.291 e. The first kappa shape index (κ1) is 14.3. The number of nitrogens with zero attached hydrogens (tertiary/aromatic N) is 1. The Bertz CT molecular complexity index is 333. The topological polar surface area (TPSA) is 48.5 Å². The van der Waals surface area contributed by atoms with Crippen molar-refractivity contribution in [2.45, 2.75) is 70.9 Å². The predicted molar refractivity (Wildman–Crippen MR) is 83.2 cm³/mol. The van der Waals surface area contributed by atoms with Crippen molar-refractivity contribution in [3.8, 4) is 0 Å². The van der Waals surface area contributed by atoms with E-state index in [2.05, 4.69) is 23.2 Å². The van der Waals surface area contributed by atoms with Crippen LogP contribution < -0.4 is 16.3 Å². The molecule has 3 rings (SSSR count). The number of nitrogens with one attached hydrogen (secondary N) is 3. The molecule has 3 fully saturated rings. The lowest BCUT2D eigenvalue weighted by Gasteiger charge is -2.41. The highest BCUT2D eigenvalue weighted by Gasteiger charge is 2.34. The monoisotopic (exact) mass is 278 g/mol. The molecule has 0 spiro atoms. The summed E-state index contributed by atoms with van der Waals surface area (Å²) in [6.07, 6.45) is 12.7. The second-order valence-corrected chi connectivity index (χ2v) is 6.93. The second-order valence-electron chi connectivity index (χ2n) is 6.93. The molecule has 2 saturated carbocycles. The number of hydrazine groups is 1. The molecule has 20 heavy (non-hydrogen) atoms. The van der Waals surface area contributed by atoms with E-state index in [0.29, 0.717) is 6.17 Å². The molecule has 0 amide bonds. The fourth-order valence-corrected chi connectivity index (χ4v) is 4.25. The van der Waals surface area contributed by atoms with Gasteiger partial charge in [-0.3, -0.25) is 10.9 Å². The number of fused-ring (bicyclic) bond motifs is 1. The summed E-state index contributed by atoms with van der Waals surface area (Å²) in [5.41, 5.74) is 11.5. The maximum atomic E-state index is 4.73. The van der Waals surface area contributed by atoms with Crippen LogP contribution in [0.15, 0.2) is 5.10 Å². The van der Waals surface area contributed by atoms with Crippen LogP contribution in [0.25, 0.3) is 0 Å². The predicted octanol–water partition coefficient (Wildman–Crippen LogP) is 2.77. The Morgan fingerprint density at radius 2 is 1.75 bits per heavy atom. The Balaban J connectivity index is 1.55. The maximum absolute atomic E-state index is 4.73. The SMILES string of the molecule is C/C(=N/NC1NNCC2CCCCC21)C1CCCCC1. The van der Waals surface area contributed by atoms with Crippen LogP contribution in [0.2, 0.25) is 0 Å². The van der Waals surface area contributed by atoms with Crippen LogP contribution in [-0.4, -0.2) is 18.4 Å². The van der Waals surface area contributed by atoms with Gasteiger partial charge in [-0.2, -0.15) is 5.10 Å². The van der Waals surface area contributed by atoms with Crippen LogP contribution in [0, 0.1) is 17.8 Å². The Labute approximate surface area is 123 Å². The number of hydrogen-bond acceptors (Lipinski definition) is 4. The van der Waals surface area contributed by atoms with Gasteiger partial charge in [-0.15, -0.1) is 0 Å². The third kappa shape index (κ3) is 3.34. The van der Waals surface area contributed by atoms with Crippen LogP contribution >= 0.6 is 0 Å². The Morgan fingerprint density at radius 3 is 2.60 bits per heavy atom. The molecule has 3 atom stereocenters. The molecular formula is C16H30N4. The van der Waals surface area contributed by atoms with Gasteiger partial charge in [0, 0.05) is 12.3 Å². The average molecular weight is 278 g/mol. The van der Waals surface area contributed by atoms with Gasteiger partial charge in [-0.05, 0) is 50.4 Å². The molecule has 3 unspecified atom stereocenters. The van der Waals surface area contributed by atoms with Crippen molar-refractivity contribution in [3.05, 3.63) is 0 Å². The molecule has 0 aromatic rings. The number of hydrazone groups is 1. The lowest BCUT2D eigenvalue weighted by atomic mass is 9.77. The molecule has 1 aliphatic heterocycles. The summed E-state index contributed by atoms with van der Waals surface area (Å²) in [6, 6.07) is 0. The highest BCUT2D eigenvalue weighted by atomic mass is 15.5. The van der Waals surface area contributed by atoms with Gasteiger partial charge in [0.2, 0.25) is 0 Å². The third-order valence-corrected chi connectivity index (χ3v) is 5.59. The zero-order chi connectivity index (χ0) is 13.8. The van der Waals surface area contributed by atoms with Gasteiger partial charge in [0.05, 0.1) is 0 Å². The summed E-state index contributed by atoms with van der Waals surface area (Å²) in [6.45, 7) is 3.33. The fraction of sp³-hybridized carbons (Fsp3) is 0.938. The summed E-state index contributed by atoms with van der Waals surface area (Å²) in [7, 11) is 0. The van der Waals surface area contributed by atoms with Crippen LogP contribution in [0.3, 0.4) is 0 Å². The first-order valence-corrected chi connectivity index (χ1v) is 8.62. The lowest BCUT2D eigenvalue weighted by Crippen LogP contribution is -2.61. The second kappa shape index (κ2) is 6.90. The van der Waals surface area contributed by atoms with Crippen LogP contribution in [0.5, 0.6) is 0 Å². The highest BCUT2D eigenvalue weighted by molar-refractivity contribution is 5.84. The molecule has 4 nitrogen and oxygen atoms in total. The molecular weight excluding hydrogens is 248 g/mol.